The van der Waals surface area contributed by atoms with E-state index in [9.17, 15) is 4.79 Å². The molecule has 0 aliphatic carbocycles. The van der Waals surface area contributed by atoms with Crippen molar-refractivity contribution in [2.45, 2.75) is 25.8 Å². The fourth-order valence-corrected chi connectivity index (χ4v) is 2.79. The molecular formula is C15H18N2O2. The minimum Gasteiger partial charge on any atom is -0.465 e. The molecule has 2 heterocycles. The lowest BCUT2D eigenvalue weighted by Crippen LogP contribution is -2.41. The Kier molecular flexibility index (Phi) is 3.25. The van der Waals surface area contributed by atoms with E-state index in [0.29, 0.717) is 13.0 Å². The number of ether oxygens (including phenoxy) is 1. The summed E-state index contributed by atoms with van der Waals surface area (Å²) in [6.45, 7) is 3.06. The first-order valence-electron chi connectivity index (χ1n) is 6.77. The smallest absolute Gasteiger partial charge is 0.323 e. The quantitative estimate of drug-likeness (QED) is 0.807. The van der Waals surface area contributed by atoms with Crippen molar-refractivity contribution in [1.29, 1.82) is 0 Å². The number of esters is 1. The van der Waals surface area contributed by atoms with Gasteiger partial charge in [0, 0.05) is 30.1 Å². The summed E-state index contributed by atoms with van der Waals surface area (Å²) in [5.74, 6) is -0.156. The summed E-state index contributed by atoms with van der Waals surface area (Å²) in [4.78, 5) is 15.2. The molecule has 4 nitrogen and oxygen atoms in total. The van der Waals surface area contributed by atoms with E-state index >= 15 is 0 Å². The molecule has 0 saturated heterocycles. The minimum atomic E-state index is -0.243. The van der Waals surface area contributed by atoms with Crippen molar-refractivity contribution in [3.05, 3.63) is 35.5 Å². The molecule has 0 fully saturated rings. The average molecular weight is 258 g/mol. The second-order valence-corrected chi connectivity index (χ2v) is 4.87. The van der Waals surface area contributed by atoms with Gasteiger partial charge in [0.25, 0.3) is 0 Å². The topological polar surface area (TPSA) is 54.1 Å². The Morgan fingerprint density at radius 3 is 3.16 bits per heavy atom. The predicted molar refractivity (Wildman–Crippen MR) is 74.1 cm³/mol. The van der Waals surface area contributed by atoms with Crippen LogP contribution < -0.4 is 5.32 Å². The number of benzene rings is 1. The van der Waals surface area contributed by atoms with Gasteiger partial charge in [0.05, 0.1) is 6.61 Å². The molecule has 2 aromatic rings. The molecule has 4 heteroatoms. The standard InChI is InChI=1S/C15H18N2O2/c1-2-19-15(18)13-8-11-9-17-12-5-3-4-10(14(11)12)6-7-16-13/h3-5,9,13,16-17H,2,6-8H2,1H3. The van der Waals surface area contributed by atoms with Crippen LogP contribution in [0.5, 0.6) is 0 Å². The van der Waals surface area contributed by atoms with Crippen molar-refractivity contribution in [3.8, 4) is 0 Å². The summed E-state index contributed by atoms with van der Waals surface area (Å²) in [5, 5.41) is 4.57. The van der Waals surface area contributed by atoms with Gasteiger partial charge >= 0.3 is 5.97 Å². The largest absolute Gasteiger partial charge is 0.465 e. The third kappa shape index (κ3) is 2.24. The number of aromatic nitrogens is 1. The number of carbonyl (C=O) groups is 1. The highest BCUT2D eigenvalue weighted by Crippen LogP contribution is 2.25. The van der Waals surface area contributed by atoms with Crippen molar-refractivity contribution in [2.75, 3.05) is 13.2 Å². The summed E-state index contributed by atoms with van der Waals surface area (Å²) in [6.07, 6.45) is 3.61. The van der Waals surface area contributed by atoms with E-state index in [-0.39, 0.29) is 12.0 Å². The molecule has 1 aromatic carbocycles. The van der Waals surface area contributed by atoms with E-state index in [0.717, 1.165) is 18.5 Å². The molecule has 3 rings (SSSR count). The Morgan fingerprint density at radius 2 is 2.32 bits per heavy atom. The monoisotopic (exact) mass is 258 g/mol. The van der Waals surface area contributed by atoms with E-state index in [4.69, 9.17) is 4.74 Å². The Bertz CT molecular complexity index is 603. The van der Waals surface area contributed by atoms with Gasteiger partial charge in [-0.1, -0.05) is 12.1 Å². The lowest BCUT2D eigenvalue weighted by atomic mass is 9.97. The maximum Gasteiger partial charge on any atom is 0.323 e. The minimum absolute atomic E-state index is 0.156. The second-order valence-electron chi connectivity index (χ2n) is 4.87. The van der Waals surface area contributed by atoms with Gasteiger partial charge in [0.1, 0.15) is 6.04 Å². The highest BCUT2D eigenvalue weighted by atomic mass is 16.5. The molecule has 1 aliphatic rings. The van der Waals surface area contributed by atoms with Crippen LogP contribution in [0, 0.1) is 0 Å². The van der Waals surface area contributed by atoms with Crippen molar-refractivity contribution >= 4 is 16.9 Å². The van der Waals surface area contributed by atoms with Crippen LogP contribution in [0.25, 0.3) is 10.9 Å². The molecule has 0 spiro atoms. The number of aromatic amines is 1. The van der Waals surface area contributed by atoms with E-state index in [1.54, 1.807) is 0 Å². The Morgan fingerprint density at radius 1 is 1.42 bits per heavy atom. The maximum atomic E-state index is 11.9. The van der Waals surface area contributed by atoms with Crippen LogP contribution in [0.3, 0.4) is 0 Å². The fraction of sp³-hybridized carbons (Fsp3) is 0.400. The van der Waals surface area contributed by atoms with Crippen LogP contribution in [0.4, 0.5) is 0 Å². The molecule has 0 bridgehead atoms. The van der Waals surface area contributed by atoms with Crippen LogP contribution >= 0.6 is 0 Å². The first-order chi connectivity index (χ1) is 9.29. The first kappa shape index (κ1) is 12.2. The lowest BCUT2D eigenvalue weighted by Gasteiger charge is -2.20. The van der Waals surface area contributed by atoms with Crippen molar-refractivity contribution in [2.24, 2.45) is 0 Å². The van der Waals surface area contributed by atoms with Crippen LogP contribution in [0.1, 0.15) is 18.1 Å². The van der Waals surface area contributed by atoms with Gasteiger partial charge in [0.15, 0.2) is 0 Å². The van der Waals surface area contributed by atoms with E-state index < -0.39 is 0 Å². The van der Waals surface area contributed by atoms with Crippen molar-refractivity contribution in [1.82, 2.24) is 10.3 Å². The van der Waals surface area contributed by atoms with Crippen LogP contribution in [-0.2, 0) is 22.4 Å². The number of rotatable bonds is 2. The lowest BCUT2D eigenvalue weighted by molar-refractivity contribution is -0.145. The number of hydrogen-bond donors (Lipinski definition) is 2. The molecule has 1 aliphatic heterocycles. The average Bonchev–Trinajstić information content (AvgIpc) is 2.79. The molecule has 1 aromatic heterocycles. The maximum absolute atomic E-state index is 11.9. The molecule has 0 saturated carbocycles. The zero-order valence-corrected chi connectivity index (χ0v) is 11.0. The third-order valence-electron chi connectivity index (χ3n) is 3.65. The fourth-order valence-electron chi connectivity index (χ4n) is 2.79. The molecule has 100 valence electrons. The zero-order chi connectivity index (χ0) is 13.2. The van der Waals surface area contributed by atoms with Crippen molar-refractivity contribution in [3.63, 3.8) is 0 Å². The zero-order valence-electron chi connectivity index (χ0n) is 11.0. The molecule has 2 N–H and O–H groups in total. The first-order valence-corrected chi connectivity index (χ1v) is 6.77. The predicted octanol–water partition coefficient (Wildman–Crippen LogP) is 1.79. The molecule has 0 amide bonds. The van der Waals surface area contributed by atoms with Gasteiger partial charge in [-0.25, -0.2) is 0 Å². The highest BCUT2D eigenvalue weighted by Gasteiger charge is 2.23. The normalized spacial score (nSPS) is 18.9. The van der Waals surface area contributed by atoms with E-state index in [2.05, 4.69) is 28.5 Å². The second kappa shape index (κ2) is 5.05. The van der Waals surface area contributed by atoms with Gasteiger partial charge in [0.2, 0.25) is 0 Å². The Balaban J connectivity index is 1.97. The van der Waals surface area contributed by atoms with E-state index in [1.807, 2.05) is 13.1 Å². The highest BCUT2D eigenvalue weighted by molar-refractivity contribution is 5.88. The summed E-state index contributed by atoms with van der Waals surface area (Å²) in [6, 6.07) is 6.07. The van der Waals surface area contributed by atoms with Gasteiger partial charge in [-0.3, -0.25) is 4.79 Å². The molecule has 1 unspecified atom stereocenters. The van der Waals surface area contributed by atoms with Crippen LogP contribution in [0.15, 0.2) is 24.4 Å². The van der Waals surface area contributed by atoms with Crippen molar-refractivity contribution < 1.29 is 9.53 Å². The summed E-state index contributed by atoms with van der Waals surface area (Å²) in [7, 11) is 0. The SMILES string of the molecule is CCOC(=O)C1Cc2c[nH]c3cccc(c23)CCN1. The summed E-state index contributed by atoms with van der Waals surface area (Å²) < 4.78 is 5.13. The molecule has 1 atom stereocenters. The number of nitrogens with one attached hydrogen (secondary N) is 2. The number of H-pyrrole nitrogens is 1. The van der Waals surface area contributed by atoms with Crippen LogP contribution in [-0.4, -0.2) is 30.1 Å². The van der Waals surface area contributed by atoms with Gasteiger partial charge in [-0.2, -0.15) is 0 Å². The summed E-state index contributed by atoms with van der Waals surface area (Å²) in [5.41, 5.74) is 3.68. The van der Waals surface area contributed by atoms with Gasteiger partial charge in [-0.05, 0) is 30.5 Å². The molecule has 19 heavy (non-hydrogen) atoms. The summed E-state index contributed by atoms with van der Waals surface area (Å²) >= 11 is 0. The van der Waals surface area contributed by atoms with Gasteiger partial charge in [-0.15, -0.1) is 0 Å². The van der Waals surface area contributed by atoms with Gasteiger partial charge < -0.3 is 15.0 Å². The molecule has 0 radical (unpaired) electrons. The Hall–Kier alpha value is -1.81. The number of hydrogen-bond acceptors (Lipinski definition) is 3. The molecular weight excluding hydrogens is 240 g/mol. The number of carbonyl (C=O) groups excluding carboxylic acids is 1. The Labute approximate surface area is 112 Å². The van der Waals surface area contributed by atoms with E-state index in [1.165, 1.54) is 16.5 Å². The van der Waals surface area contributed by atoms with Crippen LogP contribution in [0.2, 0.25) is 0 Å². The third-order valence-corrected chi connectivity index (χ3v) is 3.65.